The second kappa shape index (κ2) is 8.67. The summed E-state index contributed by atoms with van der Waals surface area (Å²) in [7, 11) is 0. The van der Waals surface area contributed by atoms with Gasteiger partial charge >= 0.3 is 0 Å². The Morgan fingerprint density at radius 1 is 1.38 bits per heavy atom. The second-order valence-electron chi connectivity index (χ2n) is 5.30. The van der Waals surface area contributed by atoms with Crippen LogP contribution in [-0.4, -0.2) is 31.5 Å². The van der Waals surface area contributed by atoms with Gasteiger partial charge in [-0.05, 0) is 37.1 Å². The molecule has 1 fully saturated rings. The number of nitrogens with one attached hydrogen (secondary N) is 2. The van der Waals surface area contributed by atoms with Crippen molar-refractivity contribution >= 4 is 23.2 Å². The molecule has 1 amide bonds. The van der Waals surface area contributed by atoms with Crippen LogP contribution in [0.3, 0.4) is 0 Å². The molecule has 1 aliphatic carbocycles. The van der Waals surface area contributed by atoms with Crippen LogP contribution in [0.1, 0.15) is 30.6 Å². The quantitative estimate of drug-likeness (QED) is 0.387. The van der Waals surface area contributed by atoms with E-state index in [1.807, 2.05) is 0 Å². The highest BCUT2D eigenvalue weighted by molar-refractivity contribution is 7.09. The van der Waals surface area contributed by atoms with Gasteiger partial charge in [0, 0.05) is 30.4 Å². The summed E-state index contributed by atoms with van der Waals surface area (Å²) in [5.74, 6) is 0.946. The standard InChI is InChI=1S/C15H24N4OS/c16-15(19-10-7-13-6-2-11-21-13)18-9-3-8-17-14(20)12-4-1-5-12/h2,6,11-12H,1,3-5,7-10H2,(H,17,20)(H3,16,18,19). The summed E-state index contributed by atoms with van der Waals surface area (Å²) in [6, 6.07) is 4.17. The number of carbonyl (C=O) groups is 1. The third-order valence-electron chi connectivity index (χ3n) is 3.65. The summed E-state index contributed by atoms with van der Waals surface area (Å²) in [5, 5.41) is 8.13. The lowest BCUT2D eigenvalue weighted by Crippen LogP contribution is -2.35. The Balaban J connectivity index is 1.48. The lowest BCUT2D eigenvalue weighted by atomic mass is 9.85. The van der Waals surface area contributed by atoms with Gasteiger partial charge in [0.1, 0.15) is 0 Å². The van der Waals surface area contributed by atoms with Crippen molar-refractivity contribution in [3.8, 4) is 0 Å². The van der Waals surface area contributed by atoms with Gasteiger partial charge in [0.2, 0.25) is 5.91 Å². The second-order valence-corrected chi connectivity index (χ2v) is 6.33. The van der Waals surface area contributed by atoms with E-state index in [1.165, 1.54) is 11.3 Å². The van der Waals surface area contributed by atoms with E-state index in [-0.39, 0.29) is 11.8 Å². The van der Waals surface area contributed by atoms with Crippen molar-refractivity contribution in [1.82, 2.24) is 10.6 Å². The normalized spacial score (nSPS) is 15.5. The van der Waals surface area contributed by atoms with Crippen LogP contribution in [0.5, 0.6) is 0 Å². The zero-order valence-electron chi connectivity index (χ0n) is 12.3. The number of nitrogens with zero attached hydrogens (tertiary/aromatic N) is 1. The van der Waals surface area contributed by atoms with Crippen molar-refractivity contribution in [2.45, 2.75) is 32.1 Å². The molecule has 0 aromatic carbocycles. The van der Waals surface area contributed by atoms with E-state index in [0.717, 1.165) is 32.2 Å². The fraction of sp³-hybridized carbons (Fsp3) is 0.600. The molecule has 1 saturated carbocycles. The van der Waals surface area contributed by atoms with Crippen LogP contribution in [0.2, 0.25) is 0 Å². The Morgan fingerprint density at radius 2 is 2.24 bits per heavy atom. The predicted molar refractivity (Wildman–Crippen MR) is 87.5 cm³/mol. The van der Waals surface area contributed by atoms with E-state index in [2.05, 4.69) is 33.1 Å². The maximum absolute atomic E-state index is 11.6. The first-order valence-electron chi connectivity index (χ1n) is 7.59. The van der Waals surface area contributed by atoms with Crippen LogP contribution < -0.4 is 16.4 Å². The Bertz CT molecular complexity index is 454. The van der Waals surface area contributed by atoms with Gasteiger partial charge in [0.15, 0.2) is 5.96 Å². The molecular weight excluding hydrogens is 284 g/mol. The highest BCUT2D eigenvalue weighted by Gasteiger charge is 2.24. The van der Waals surface area contributed by atoms with E-state index in [0.29, 0.717) is 19.0 Å². The number of aliphatic imine (C=N–C) groups is 1. The van der Waals surface area contributed by atoms with Crippen LogP contribution >= 0.6 is 11.3 Å². The van der Waals surface area contributed by atoms with Crippen LogP contribution in [0.15, 0.2) is 22.5 Å². The number of hydrogen-bond donors (Lipinski definition) is 3. The maximum Gasteiger partial charge on any atom is 0.223 e. The third-order valence-corrected chi connectivity index (χ3v) is 4.59. The zero-order chi connectivity index (χ0) is 14.9. The Kier molecular flexibility index (Phi) is 6.53. The van der Waals surface area contributed by atoms with Crippen molar-refractivity contribution in [1.29, 1.82) is 0 Å². The molecular formula is C15H24N4OS. The SMILES string of the molecule is NC(=NCCCNC(=O)C1CCC1)NCCc1cccs1. The first-order valence-corrected chi connectivity index (χ1v) is 8.47. The van der Waals surface area contributed by atoms with E-state index in [9.17, 15) is 4.79 Å². The molecule has 0 spiro atoms. The van der Waals surface area contributed by atoms with E-state index < -0.39 is 0 Å². The van der Waals surface area contributed by atoms with E-state index in [1.54, 1.807) is 11.3 Å². The summed E-state index contributed by atoms with van der Waals surface area (Å²) in [6.07, 6.45) is 5.07. The van der Waals surface area contributed by atoms with Gasteiger partial charge in [-0.3, -0.25) is 9.79 Å². The van der Waals surface area contributed by atoms with Gasteiger partial charge in [-0.15, -0.1) is 11.3 Å². The summed E-state index contributed by atoms with van der Waals surface area (Å²) in [4.78, 5) is 17.2. The highest BCUT2D eigenvalue weighted by atomic mass is 32.1. The fourth-order valence-electron chi connectivity index (χ4n) is 2.13. The molecule has 0 aliphatic heterocycles. The number of guanidine groups is 1. The van der Waals surface area contributed by atoms with Crippen molar-refractivity contribution in [3.63, 3.8) is 0 Å². The zero-order valence-corrected chi connectivity index (χ0v) is 13.1. The van der Waals surface area contributed by atoms with Gasteiger partial charge in [-0.1, -0.05) is 12.5 Å². The van der Waals surface area contributed by atoms with Crippen molar-refractivity contribution in [2.24, 2.45) is 16.6 Å². The summed E-state index contributed by atoms with van der Waals surface area (Å²) < 4.78 is 0. The average molecular weight is 308 g/mol. The van der Waals surface area contributed by atoms with Crippen LogP contribution in [0, 0.1) is 5.92 Å². The van der Waals surface area contributed by atoms with Crippen molar-refractivity contribution in [2.75, 3.05) is 19.6 Å². The van der Waals surface area contributed by atoms with Gasteiger partial charge in [-0.25, -0.2) is 0 Å². The van der Waals surface area contributed by atoms with Crippen LogP contribution in [-0.2, 0) is 11.2 Å². The Hall–Kier alpha value is -1.56. The molecule has 0 bridgehead atoms. The minimum Gasteiger partial charge on any atom is -0.370 e. The van der Waals surface area contributed by atoms with Gasteiger partial charge in [-0.2, -0.15) is 0 Å². The summed E-state index contributed by atoms with van der Waals surface area (Å²) in [6.45, 7) is 2.12. The number of carbonyl (C=O) groups excluding carboxylic acids is 1. The largest absolute Gasteiger partial charge is 0.370 e. The molecule has 1 heterocycles. The molecule has 0 saturated heterocycles. The van der Waals surface area contributed by atoms with Gasteiger partial charge in [0.25, 0.3) is 0 Å². The van der Waals surface area contributed by atoms with Crippen LogP contribution in [0.25, 0.3) is 0 Å². The minimum absolute atomic E-state index is 0.201. The molecule has 1 aliphatic rings. The molecule has 1 aromatic rings. The van der Waals surface area contributed by atoms with Gasteiger partial charge < -0.3 is 16.4 Å². The number of amides is 1. The topological polar surface area (TPSA) is 79.5 Å². The maximum atomic E-state index is 11.6. The number of thiophene rings is 1. The molecule has 2 rings (SSSR count). The monoisotopic (exact) mass is 308 g/mol. The Labute approximate surface area is 130 Å². The molecule has 4 N–H and O–H groups in total. The fourth-order valence-corrected chi connectivity index (χ4v) is 2.84. The van der Waals surface area contributed by atoms with Gasteiger partial charge in [0.05, 0.1) is 0 Å². The molecule has 0 unspecified atom stereocenters. The lowest BCUT2D eigenvalue weighted by molar-refractivity contribution is -0.127. The number of nitrogens with two attached hydrogens (primary N) is 1. The third kappa shape index (κ3) is 5.75. The molecule has 5 nitrogen and oxygen atoms in total. The molecule has 0 atom stereocenters. The van der Waals surface area contributed by atoms with Crippen molar-refractivity contribution < 1.29 is 4.79 Å². The lowest BCUT2D eigenvalue weighted by Gasteiger charge is -2.23. The predicted octanol–water partition coefficient (Wildman–Crippen LogP) is 1.50. The average Bonchev–Trinajstić information content (AvgIpc) is 2.89. The summed E-state index contributed by atoms with van der Waals surface area (Å²) in [5.41, 5.74) is 5.79. The molecule has 1 aromatic heterocycles. The molecule has 6 heteroatoms. The summed E-state index contributed by atoms with van der Waals surface area (Å²) >= 11 is 1.75. The first kappa shape index (κ1) is 15.8. The van der Waals surface area contributed by atoms with Crippen molar-refractivity contribution in [3.05, 3.63) is 22.4 Å². The van der Waals surface area contributed by atoms with E-state index >= 15 is 0 Å². The number of hydrogen-bond acceptors (Lipinski definition) is 3. The highest BCUT2D eigenvalue weighted by Crippen LogP contribution is 2.25. The van der Waals surface area contributed by atoms with E-state index in [4.69, 9.17) is 5.73 Å². The molecule has 0 radical (unpaired) electrons. The Morgan fingerprint density at radius 3 is 2.90 bits per heavy atom. The minimum atomic E-state index is 0.201. The number of rotatable bonds is 8. The molecule has 21 heavy (non-hydrogen) atoms. The smallest absolute Gasteiger partial charge is 0.223 e. The van der Waals surface area contributed by atoms with Crippen LogP contribution in [0.4, 0.5) is 0 Å². The first-order chi connectivity index (χ1) is 10.3. The molecule has 116 valence electrons.